The number of carbonyl (C=O) groups is 2. The fourth-order valence-electron chi connectivity index (χ4n) is 3.71. The number of ether oxygens (including phenoxy) is 1. The normalized spacial score (nSPS) is 13.3. The first-order valence-corrected chi connectivity index (χ1v) is 10.8. The number of thiazole rings is 1. The molecular weight excluding hydrogens is 412 g/mol. The number of nitrogens with zero attached hydrogens (tertiary/aromatic N) is 1. The summed E-state index contributed by atoms with van der Waals surface area (Å²) >= 11 is 1.42. The van der Waals surface area contributed by atoms with E-state index in [4.69, 9.17) is 4.74 Å². The Morgan fingerprint density at radius 2 is 1.90 bits per heavy atom. The van der Waals surface area contributed by atoms with Gasteiger partial charge in [0.25, 0.3) is 0 Å². The third kappa shape index (κ3) is 4.67. The lowest BCUT2D eigenvalue weighted by Crippen LogP contribution is -2.41. The van der Waals surface area contributed by atoms with Crippen LogP contribution < -0.4 is 10.1 Å². The molecule has 31 heavy (non-hydrogen) atoms. The van der Waals surface area contributed by atoms with Crippen LogP contribution in [0.5, 0.6) is 5.75 Å². The number of amides is 1. The van der Waals surface area contributed by atoms with Crippen molar-refractivity contribution in [3.63, 3.8) is 0 Å². The van der Waals surface area contributed by atoms with Gasteiger partial charge >= 0.3 is 5.97 Å². The number of aromatic nitrogens is 1. The molecule has 158 valence electrons. The average Bonchev–Trinajstić information content (AvgIpc) is 3.40. The van der Waals surface area contributed by atoms with E-state index in [2.05, 4.69) is 10.3 Å². The van der Waals surface area contributed by atoms with Gasteiger partial charge in [-0.2, -0.15) is 0 Å². The van der Waals surface area contributed by atoms with Crippen LogP contribution in [0.3, 0.4) is 0 Å². The van der Waals surface area contributed by atoms with Crippen molar-refractivity contribution in [2.45, 2.75) is 25.3 Å². The fourth-order valence-corrected chi connectivity index (χ4v) is 4.56. The Bertz CT molecular complexity index is 1150. The molecule has 0 saturated heterocycles. The van der Waals surface area contributed by atoms with Gasteiger partial charge in [-0.3, -0.25) is 4.79 Å². The summed E-state index contributed by atoms with van der Waals surface area (Å²) in [7, 11) is 1.60. The highest BCUT2D eigenvalue weighted by Crippen LogP contribution is 2.32. The van der Waals surface area contributed by atoms with Crippen LogP contribution in [0.2, 0.25) is 0 Å². The number of aliphatic carboxylic acids is 1. The SMILES string of the molecule is COc1ccccc1-c1nc(CC(=O)N[C@@H](CC2=CCc3ccccc32)C(=O)O)cs1. The second-order valence-corrected chi connectivity index (χ2v) is 8.13. The number of fused-ring (bicyclic) bond motifs is 1. The molecule has 0 spiro atoms. The summed E-state index contributed by atoms with van der Waals surface area (Å²) in [5.41, 5.74) is 4.65. The molecule has 6 nitrogen and oxygen atoms in total. The highest BCUT2D eigenvalue weighted by molar-refractivity contribution is 7.13. The molecule has 4 rings (SSSR count). The Kier molecular flexibility index (Phi) is 6.13. The van der Waals surface area contributed by atoms with E-state index in [9.17, 15) is 14.7 Å². The summed E-state index contributed by atoms with van der Waals surface area (Å²) < 4.78 is 5.37. The van der Waals surface area contributed by atoms with Crippen LogP contribution in [0.4, 0.5) is 0 Å². The zero-order valence-corrected chi connectivity index (χ0v) is 17.8. The molecule has 1 amide bonds. The molecule has 1 aliphatic rings. The fraction of sp³-hybridized carbons (Fsp3) is 0.208. The topological polar surface area (TPSA) is 88.5 Å². The Balaban J connectivity index is 1.42. The molecule has 0 fully saturated rings. The summed E-state index contributed by atoms with van der Waals surface area (Å²) in [5, 5.41) is 14.9. The highest BCUT2D eigenvalue weighted by atomic mass is 32.1. The summed E-state index contributed by atoms with van der Waals surface area (Å²) in [6.45, 7) is 0. The molecule has 2 aromatic carbocycles. The highest BCUT2D eigenvalue weighted by Gasteiger charge is 2.25. The van der Waals surface area contributed by atoms with E-state index in [1.807, 2.05) is 60.0 Å². The first-order chi connectivity index (χ1) is 15.0. The number of rotatable bonds is 8. The first kappa shape index (κ1) is 20.8. The lowest BCUT2D eigenvalue weighted by atomic mass is 9.99. The minimum atomic E-state index is -1.05. The van der Waals surface area contributed by atoms with Gasteiger partial charge in [0.2, 0.25) is 5.91 Å². The third-order valence-electron chi connectivity index (χ3n) is 5.22. The predicted molar refractivity (Wildman–Crippen MR) is 120 cm³/mol. The maximum absolute atomic E-state index is 12.6. The van der Waals surface area contributed by atoms with Crippen molar-refractivity contribution in [1.29, 1.82) is 0 Å². The Morgan fingerprint density at radius 3 is 2.68 bits per heavy atom. The monoisotopic (exact) mass is 434 g/mol. The molecule has 3 aromatic rings. The number of hydrogen-bond donors (Lipinski definition) is 2. The van der Waals surface area contributed by atoms with Crippen LogP contribution >= 0.6 is 11.3 Å². The summed E-state index contributed by atoms with van der Waals surface area (Å²) in [4.78, 5) is 28.9. The van der Waals surface area contributed by atoms with Crippen molar-refractivity contribution in [3.05, 3.63) is 76.8 Å². The second kappa shape index (κ2) is 9.14. The van der Waals surface area contributed by atoms with E-state index in [1.165, 1.54) is 16.9 Å². The number of carboxylic acids is 1. The van der Waals surface area contributed by atoms with E-state index in [-0.39, 0.29) is 18.7 Å². The number of carbonyl (C=O) groups excluding carboxylic acids is 1. The average molecular weight is 435 g/mol. The Labute approximate surface area is 184 Å². The van der Waals surface area contributed by atoms with Crippen LogP contribution in [-0.4, -0.2) is 35.1 Å². The van der Waals surface area contributed by atoms with E-state index in [1.54, 1.807) is 7.11 Å². The van der Waals surface area contributed by atoms with Crippen LogP contribution in [0.1, 0.15) is 23.2 Å². The van der Waals surface area contributed by atoms with Gasteiger partial charge in [-0.25, -0.2) is 9.78 Å². The standard InChI is InChI=1S/C24H22N2O4S/c1-30-21-9-5-4-8-19(21)23-25-17(14-31-23)13-22(27)26-20(24(28)29)12-16-11-10-15-6-2-3-7-18(15)16/h2-9,11,14,20H,10,12-13H2,1H3,(H,26,27)(H,28,29)/t20-/m0/s1. The van der Waals surface area contributed by atoms with Crippen molar-refractivity contribution < 1.29 is 19.4 Å². The molecule has 0 bridgehead atoms. The zero-order chi connectivity index (χ0) is 21.8. The van der Waals surface area contributed by atoms with Crippen LogP contribution in [0, 0.1) is 0 Å². The molecule has 1 aromatic heterocycles. The van der Waals surface area contributed by atoms with Crippen molar-refractivity contribution in [3.8, 4) is 16.3 Å². The Morgan fingerprint density at radius 1 is 1.16 bits per heavy atom. The lowest BCUT2D eigenvalue weighted by molar-refractivity contribution is -0.141. The molecule has 1 aliphatic carbocycles. The quantitative estimate of drug-likeness (QED) is 0.560. The van der Waals surface area contributed by atoms with E-state index in [0.717, 1.165) is 28.1 Å². The lowest BCUT2D eigenvalue weighted by Gasteiger charge is -2.16. The summed E-state index contributed by atoms with van der Waals surface area (Å²) in [6.07, 6.45) is 3.09. The molecular formula is C24H22N2O4S. The minimum Gasteiger partial charge on any atom is -0.496 e. The number of methoxy groups -OCH3 is 1. The van der Waals surface area contributed by atoms with Crippen molar-refractivity contribution in [1.82, 2.24) is 10.3 Å². The number of carboxylic acid groups (broad SMARTS) is 1. The molecule has 7 heteroatoms. The second-order valence-electron chi connectivity index (χ2n) is 7.27. The van der Waals surface area contributed by atoms with Gasteiger partial charge in [0.05, 0.1) is 24.8 Å². The van der Waals surface area contributed by atoms with Crippen molar-refractivity contribution in [2.24, 2.45) is 0 Å². The van der Waals surface area contributed by atoms with E-state index >= 15 is 0 Å². The number of allylic oxidation sites excluding steroid dienone is 1. The van der Waals surface area contributed by atoms with E-state index in [0.29, 0.717) is 11.4 Å². The molecule has 1 heterocycles. The van der Waals surface area contributed by atoms with Crippen LogP contribution in [0.15, 0.2) is 60.0 Å². The maximum Gasteiger partial charge on any atom is 0.326 e. The number of para-hydroxylation sites is 1. The smallest absolute Gasteiger partial charge is 0.326 e. The molecule has 0 radical (unpaired) electrons. The van der Waals surface area contributed by atoms with Gasteiger partial charge < -0.3 is 15.2 Å². The van der Waals surface area contributed by atoms with Gasteiger partial charge in [0.1, 0.15) is 16.8 Å². The third-order valence-corrected chi connectivity index (χ3v) is 6.14. The largest absolute Gasteiger partial charge is 0.496 e. The molecule has 1 atom stereocenters. The number of nitrogens with one attached hydrogen (secondary N) is 1. The summed E-state index contributed by atoms with van der Waals surface area (Å²) in [6, 6.07) is 14.5. The van der Waals surface area contributed by atoms with Gasteiger partial charge in [0.15, 0.2) is 0 Å². The summed E-state index contributed by atoms with van der Waals surface area (Å²) in [5.74, 6) is -0.702. The van der Waals surface area contributed by atoms with Crippen LogP contribution in [0.25, 0.3) is 16.1 Å². The maximum atomic E-state index is 12.6. The van der Waals surface area contributed by atoms with Crippen LogP contribution in [-0.2, 0) is 22.4 Å². The first-order valence-electron chi connectivity index (χ1n) is 9.92. The predicted octanol–water partition coefficient (Wildman–Crippen LogP) is 3.96. The zero-order valence-electron chi connectivity index (χ0n) is 17.0. The van der Waals surface area contributed by atoms with Crippen molar-refractivity contribution >= 4 is 28.8 Å². The minimum absolute atomic E-state index is 0.0189. The number of benzene rings is 2. The van der Waals surface area contributed by atoms with E-state index < -0.39 is 12.0 Å². The van der Waals surface area contributed by atoms with Gasteiger partial charge in [0, 0.05) is 11.8 Å². The van der Waals surface area contributed by atoms with Crippen molar-refractivity contribution in [2.75, 3.05) is 7.11 Å². The molecule has 0 unspecified atom stereocenters. The van der Waals surface area contributed by atoms with Gasteiger partial charge in [-0.1, -0.05) is 42.5 Å². The van der Waals surface area contributed by atoms with Gasteiger partial charge in [-0.05, 0) is 35.3 Å². The molecule has 0 saturated carbocycles. The van der Waals surface area contributed by atoms with Gasteiger partial charge in [-0.15, -0.1) is 11.3 Å². The number of hydrogen-bond acceptors (Lipinski definition) is 5. The molecule has 2 N–H and O–H groups in total. The molecule has 0 aliphatic heterocycles. The Hall–Kier alpha value is -3.45.